The van der Waals surface area contributed by atoms with E-state index in [1.807, 2.05) is 30.3 Å². The summed E-state index contributed by atoms with van der Waals surface area (Å²) >= 11 is 0. The zero-order valence-corrected chi connectivity index (χ0v) is 15.8. The molecule has 1 aliphatic heterocycles. The molecule has 0 fully saturated rings. The van der Waals surface area contributed by atoms with Crippen molar-refractivity contribution in [2.24, 2.45) is 0 Å². The summed E-state index contributed by atoms with van der Waals surface area (Å²) in [6.45, 7) is 2.24. The first-order valence-corrected chi connectivity index (χ1v) is 10.1. The summed E-state index contributed by atoms with van der Waals surface area (Å²) in [6.07, 6.45) is 0.174. The van der Waals surface area contributed by atoms with Gasteiger partial charge in [0, 0.05) is 32.2 Å². The maximum atomic E-state index is 12.5. The highest BCUT2D eigenvalue weighted by atomic mass is 32.2. The van der Waals surface area contributed by atoms with Gasteiger partial charge >= 0.3 is 0 Å². The van der Waals surface area contributed by atoms with Gasteiger partial charge in [-0.15, -0.1) is 0 Å². The molecule has 2 aromatic rings. The third-order valence-electron chi connectivity index (χ3n) is 4.35. The Hall–Kier alpha value is -2.71. The van der Waals surface area contributed by atoms with Gasteiger partial charge in [0.2, 0.25) is 21.8 Å². The topological polar surface area (TPSA) is 95.6 Å². The molecule has 0 spiro atoms. The number of hydrogen-bond acceptors (Lipinski definition) is 4. The Morgan fingerprint density at radius 2 is 1.93 bits per heavy atom. The quantitative estimate of drug-likeness (QED) is 0.753. The van der Waals surface area contributed by atoms with Gasteiger partial charge in [-0.3, -0.25) is 9.59 Å². The molecule has 8 heteroatoms. The maximum Gasteiger partial charge on any atom is 0.240 e. The van der Waals surface area contributed by atoms with E-state index >= 15 is 0 Å². The molecule has 1 heterocycles. The van der Waals surface area contributed by atoms with E-state index in [1.165, 1.54) is 19.1 Å². The molecule has 0 saturated heterocycles. The lowest BCUT2D eigenvalue weighted by molar-refractivity contribution is -0.129. The van der Waals surface area contributed by atoms with E-state index in [-0.39, 0.29) is 36.2 Å². The Bertz CT molecular complexity index is 958. The molecule has 0 aromatic heterocycles. The number of anilines is 1. The summed E-state index contributed by atoms with van der Waals surface area (Å²) in [5, 5.41) is 2.67. The summed E-state index contributed by atoms with van der Waals surface area (Å²) in [6, 6.07) is 14.1. The molecular weight excluding hydrogens is 366 g/mol. The zero-order chi connectivity index (χ0) is 19.4. The number of benzene rings is 2. The van der Waals surface area contributed by atoms with Crippen LogP contribution in [0, 0.1) is 0 Å². The first-order chi connectivity index (χ1) is 12.8. The molecule has 2 amide bonds. The van der Waals surface area contributed by atoms with Crippen molar-refractivity contribution in [2.75, 3.05) is 18.4 Å². The second-order valence-electron chi connectivity index (χ2n) is 6.37. The lowest BCUT2D eigenvalue weighted by atomic mass is 10.2. The van der Waals surface area contributed by atoms with Crippen LogP contribution in [0.25, 0.3) is 0 Å². The molecule has 142 valence electrons. The molecule has 0 radical (unpaired) electrons. The second-order valence-corrected chi connectivity index (χ2v) is 8.13. The summed E-state index contributed by atoms with van der Waals surface area (Å²) in [7, 11) is -3.72. The van der Waals surface area contributed by atoms with Crippen molar-refractivity contribution in [2.45, 2.75) is 24.8 Å². The first-order valence-electron chi connectivity index (χ1n) is 8.57. The fourth-order valence-corrected chi connectivity index (χ4v) is 3.99. The minimum absolute atomic E-state index is 0.100. The van der Waals surface area contributed by atoms with Crippen LogP contribution in [0.4, 0.5) is 5.69 Å². The fraction of sp³-hybridized carbons (Fsp3) is 0.263. The molecule has 7 nitrogen and oxygen atoms in total. The normalized spacial score (nSPS) is 13.1. The van der Waals surface area contributed by atoms with Crippen molar-refractivity contribution in [1.82, 2.24) is 9.62 Å². The number of hydrogen-bond donors (Lipinski definition) is 2. The Morgan fingerprint density at radius 1 is 1.19 bits per heavy atom. The van der Waals surface area contributed by atoms with Gasteiger partial charge in [-0.05, 0) is 29.3 Å². The number of carbonyl (C=O) groups is 2. The lowest BCUT2D eigenvalue weighted by Crippen LogP contribution is -2.37. The number of sulfonamides is 1. The van der Waals surface area contributed by atoms with Crippen LogP contribution in [0.15, 0.2) is 53.4 Å². The highest BCUT2D eigenvalue weighted by Gasteiger charge is 2.22. The van der Waals surface area contributed by atoms with Crippen LogP contribution in [-0.2, 0) is 32.6 Å². The van der Waals surface area contributed by atoms with E-state index in [0.29, 0.717) is 17.8 Å². The highest BCUT2D eigenvalue weighted by molar-refractivity contribution is 7.89. The van der Waals surface area contributed by atoms with Crippen molar-refractivity contribution < 1.29 is 18.0 Å². The SMILES string of the molecule is CC(=O)N(CCNS(=O)(=O)c1ccc2c(c1)CC(=O)N2)Cc1ccccc1. The average molecular weight is 387 g/mol. The molecule has 2 aromatic carbocycles. The molecule has 0 atom stereocenters. The van der Waals surface area contributed by atoms with Crippen LogP contribution in [0.3, 0.4) is 0 Å². The molecule has 2 N–H and O–H groups in total. The predicted octanol–water partition coefficient (Wildman–Crippen LogP) is 1.51. The molecular formula is C19H21N3O4S. The third kappa shape index (κ3) is 4.72. The van der Waals surface area contributed by atoms with Crippen LogP contribution in [-0.4, -0.2) is 38.2 Å². The summed E-state index contributed by atoms with van der Waals surface area (Å²) in [4.78, 5) is 24.9. The molecule has 0 aliphatic carbocycles. The molecule has 0 bridgehead atoms. The van der Waals surface area contributed by atoms with E-state index in [1.54, 1.807) is 11.0 Å². The van der Waals surface area contributed by atoms with E-state index in [0.717, 1.165) is 5.56 Å². The van der Waals surface area contributed by atoms with Gasteiger partial charge < -0.3 is 10.2 Å². The van der Waals surface area contributed by atoms with Crippen LogP contribution in [0.1, 0.15) is 18.1 Å². The Kier molecular flexibility index (Phi) is 5.57. The molecule has 1 aliphatic rings. The van der Waals surface area contributed by atoms with Crippen molar-refractivity contribution in [1.29, 1.82) is 0 Å². The molecule has 0 unspecified atom stereocenters. The van der Waals surface area contributed by atoms with Gasteiger partial charge in [0.15, 0.2) is 0 Å². The minimum atomic E-state index is -3.72. The average Bonchev–Trinajstić information content (AvgIpc) is 3.00. The number of nitrogens with one attached hydrogen (secondary N) is 2. The van der Waals surface area contributed by atoms with E-state index in [4.69, 9.17) is 0 Å². The van der Waals surface area contributed by atoms with Crippen molar-refractivity contribution in [3.05, 3.63) is 59.7 Å². The Morgan fingerprint density at radius 3 is 2.63 bits per heavy atom. The maximum absolute atomic E-state index is 12.5. The van der Waals surface area contributed by atoms with Crippen LogP contribution in [0.2, 0.25) is 0 Å². The van der Waals surface area contributed by atoms with E-state index in [2.05, 4.69) is 10.0 Å². The highest BCUT2D eigenvalue weighted by Crippen LogP contribution is 2.25. The van der Waals surface area contributed by atoms with E-state index in [9.17, 15) is 18.0 Å². The largest absolute Gasteiger partial charge is 0.337 e. The number of fused-ring (bicyclic) bond motifs is 1. The zero-order valence-electron chi connectivity index (χ0n) is 14.9. The molecule has 3 rings (SSSR count). The second kappa shape index (κ2) is 7.89. The van der Waals surface area contributed by atoms with Gasteiger partial charge in [-0.25, -0.2) is 13.1 Å². The predicted molar refractivity (Wildman–Crippen MR) is 101 cm³/mol. The van der Waals surface area contributed by atoms with Gasteiger partial charge in [0.1, 0.15) is 0 Å². The summed E-state index contributed by atoms with van der Waals surface area (Å²) < 4.78 is 27.5. The third-order valence-corrected chi connectivity index (χ3v) is 5.81. The van der Waals surface area contributed by atoms with Gasteiger partial charge in [0.25, 0.3) is 0 Å². The number of nitrogens with zero attached hydrogens (tertiary/aromatic N) is 1. The van der Waals surface area contributed by atoms with Gasteiger partial charge in [0.05, 0.1) is 11.3 Å². The Labute approximate surface area is 158 Å². The van der Waals surface area contributed by atoms with Gasteiger partial charge in [-0.1, -0.05) is 30.3 Å². The number of amides is 2. The summed E-state index contributed by atoms with van der Waals surface area (Å²) in [5.74, 6) is -0.273. The smallest absolute Gasteiger partial charge is 0.240 e. The van der Waals surface area contributed by atoms with E-state index < -0.39 is 10.0 Å². The minimum Gasteiger partial charge on any atom is -0.337 e. The molecule has 27 heavy (non-hydrogen) atoms. The Balaban J connectivity index is 1.62. The van der Waals surface area contributed by atoms with Crippen molar-refractivity contribution in [3.63, 3.8) is 0 Å². The summed E-state index contributed by atoms with van der Waals surface area (Å²) in [5.41, 5.74) is 2.29. The standard InChI is InChI=1S/C19H21N3O4S/c1-14(23)22(13-15-5-3-2-4-6-15)10-9-20-27(25,26)17-7-8-18-16(11-17)12-19(24)21-18/h2-8,11,20H,9-10,12-13H2,1H3,(H,21,24). The van der Waals surface area contributed by atoms with Gasteiger partial charge in [-0.2, -0.15) is 0 Å². The number of rotatable bonds is 7. The van der Waals surface area contributed by atoms with Crippen molar-refractivity contribution in [3.8, 4) is 0 Å². The first kappa shape index (κ1) is 19.1. The molecule has 0 saturated carbocycles. The van der Waals surface area contributed by atoms with Crippen LogP contribution >= 0.6 is 0 Å². The van der Waals surface area contributed by atoms with Crippen LogP contribution in [0.5, 0.6) is 0 Å². The van der Waals surface area contributed by atoms with Crippen LogP contribution < -0.4 is 10.0 Å². The lowest BCUT2D eigenvalue weighted by Gasteiger charge is -2.21. The number of carbonyl (C=O) groups excluding carboxylic acids is 2. The monoisotopic (exact) mass is 387 g/mol. The fourth-order valence-electron chi connectivity index (χ4n) is 2.92. The van der Waals surface area contributed by atoms with Crippen molar-refractivity contribution >= 4 is 27.5 Å².